The van der Waals surface area contributed by atoms with Gasteiger partial charge >= 0.3 is 6.03 Å². The van der Waals surface area contributed by atoms with Crippen LogP contribution in [0.25, 0.3) is 5.82 Å². The van der Waals surface area contributed by atoms with Crippen molar-refractivity contribution in [2.24, 2.45) is 5.92 Å². The van der Waals surface area contributed by atoms with Crippen LogP contribution in [0, 0.1) is 5.92 Å². The first-order valence-electron chi connectivity index (χ1n) is 9.23. The van der Waals surface area contributed by atoms with Crippen molar-refractivity contribution < 1.29 is 9.59 Å². The summed E-state index contributed by atoms with van der Waals surface area (Å²) in [6, 6.07) is 11.6. The Morgan fingerprint density at radius 2 is 1.90 bits per heavy atom. The summed E-state index contributed by atoms with van der Waals surface area (Å²) in [6.45, 7) is 4.05. The second kappa shape index (κ2) is 9.45. The highest BCUT2D eigenvalue weighted by molar-refractivity contribution is 5.93. The van der Waals surface area contributed by atoms with Crippen LogP contribution in [-0.2, 0) is 11.3 Å². The summed E-state index contributed by atoms with van der Waals surface area (Å²) in [5.74, 6) is 0.296. The molecule has 0 aliphatic carbocycles. The maximum Gasteiger partial charge on any atom is 0.319 e. The number of nitrogens with one attached hydrogen (secondary N) is 3. The third-order valence-corrected chi connectivity index (χ3v) is 4.20. The maximum atomic E-state index is 12.6. The van der Waals surface area contributed by atoms with E-state index >= 15 is 0 Å². The van der Waals surface area contributed by atoms with Crippen LogP contribution >= 0.6 is 0 Å². The summed E-state index contributed by atoms with van der Waals surface area (Å²) in [6.07, 6.45) is 4.66. The molecule has 0 fully saturated rings. The molecule has 2 heterocycles. The van der Waals surface area contributed by atoms with Gasteiger partial charge in [-0.2, -0.15) is 5.10 Å². The van der Waals surface area contributed by atoms with Crippen molar-refractivity contribution in [1.29, 1.82) is 0 Å². The average Bonchev–Trinajstić information content (AvgIpc) is 3.26. The Kier molecular flexibility index (Phi) is 6.51. The summed E-state index contributed by atoms with van der Waals surface area (Å²) in [5.41, 5.74) is 1.49. The first kappa shape index (κ1) is 20.0. The van der Waals surface area contributed by atoms with Gasteiger partial charge in [0.1, 0.15) is 18.7 Å². The number of urea groups is 1. The molecule has 9 nitrogen and oxygen atoms in total. The minimum atomic E-state index is -0.666. The number of hydrogen-bond donors (Lipinski definition) is 3. The summed E-state index contributed by atoms with van der Waals surface area (Å²) in [5, 5.41) is 12.3. The number of nitrogens with zero attached hydrogens (tertiary/aromatic N) is 4. The predicted octanol–water partition coefficient (Wildman–Crippen LogP) is 2.12. The lowest BCUT2D eigenvalue weighted by molar-refractivity contribution is -0.124. The average molecular weight is 393 g/mol. The highest BCUT2D eigenvalue weighted by atomic mass is 16.2. The second-order valence-electron chi connectivity index (χ2n) is 6.77. The van der Waals surface area contributed by atoms with Gasteiger partial charge in [-0.25, -0.2) is 19.4 Å². The number of benzene rings is 1. The van der Waals surface area contributed by atoms with Crippen LogP contribution in [0.3, 0.4) is 0 Å². The minimum Gasteiger partial charge on any atom is -0.350 e. The van der Waals surface area contributed by atoms with Gasteiger partial charge in [-0.1, -0.05) is 38.1 Å². The zero-order chi connectivity index (χ0) is 20.6. The molecular weight excluding hydrogens is 370 g/mol. The van der Waals surface area contributed by atoms with E-state index in [0.717, 1.165) is 5.56 Å². The number of para-hydroxylation sites is 1. The highest BCUT2D eigenvalue weighted by Crippen LogP contribution is 2.08. The van der Waals surface area contributed by atoms with Gasteiger partial charge in [-0.15, -0.1) is 0 Å². The van der Waals surface area contributed by atoms with E-state index < -0.39 is 12.1 Å². The number of aromatic nitrogens is 4. The molecule has 0 saturated heterocycles. The van der Waals surface area contributed by atoms with E-state index in [1.54, 1.807) is 35.4 Å². The zero-order valence-electron chi connectivity index (χ0n) is 16.2. The van der Waals surface area contributed by atoms with Crippen molar-refractivity contribution in [3.05, 3.63) is 66.9 Å². The molecule has 1 atom stereocenters. The fourth-order valence-corrected chi connectivity index (χ4v) is 2.65. The van der Waals surface area contributed by atoms with Gasteiger partial charge in [0.25, 0.3) is 0 Å². The van der Waals surface area contributed by atoms with Crippen molar-refractivity contribution in [2.45, 2.75) is 26.4 Å². The monoisotopic (exact) mass is 393 g/mol. The van der Waals surface area contributed by atoms with E-state index in [2.05, 4.69) is 31.0 Å². The Labute approximate surface area is 168 Å². The molecule has 3 aromatic rings. The van der Waals surface area contributed by atoms with Crippen molar-refractivity contribution in [3.8, 4) is 5.82 Å². The van der Waals surface area contributed by atoms with Crippen LogP contribution in [0.15, 0.2) is 61.3 Å². The second-order valence-corrected chi connectivity index (χ2v) is 6.77. The van der Waals surface area contributed by atoms with E-state index in [0.29, 0.717) is 18.1 Å². The van der Waals surface area contributed by atoms with Crippen LogP contribution in [0.1, 0.15) is 19.4 Å². The predicted molar refractivity (Wildman–Crippen MR) is 108 cm³/mol. The van der Waals surface area contributed by atoms with Crippen LogP contribution in [0.5, 0.6) is 0 Å². The van der Waals surface area contributed by atoms with Crippen molar-refractivity contribution >= 4 is 17.6 Å². The lowest BCUT2D eigenvalue weighted by Crippen LogP contribution is -2.50. The van der Waals surface area contributed by atoms with Gasteiger partial charge in [0.2, 0.25) is 5.91 Å². The fourth-order valence-electron chi connectivity index (χ4n) is 2.65. The molecule has 0 bridgehead atoms. The molecule has 0 spiro atoms. The third-order valence-electron chi connectivity index (χ3n) is 4.20. The lowest BCUT2D eigenvalue weighted by atomic mass is 10.0. The third kappa shape index (κ3) is 5.61. The molecule has 3 N–H and O–H groups in total. The molecule has 1 aromatic carbocycles. The number of carbonyl (C=O) groups excluding carboxylic acids is 2. The number of pyridine rings is 1. The Bertz CT molecular complexity index is 925. The first-order chi connectivity index (χ1) is 14.0. The molecule has 1 unspecified atom stereocenters. The zero-order valence-corrected chi connectivity index (χ0v) is 16.2. The lowest BCUT2D eigenvalue weighted by Gasteiger charge is -2.22. The summed E-state index contributed by atoms with van der Waals surface area (Å²) < 4.78 is 1.55. The van der Waals surface area contributed by atoms with Gasteiger partial charge < -0.3 is 16.0 Å². The molecule has 2 aromatic heterocycles. The molecule has 3 amide bonds. The summed E-state index contributed by atoms with van der Waals surface area (Å²) in [4.78, 5) is 33.0. The van der Waals surface area contributed by atoms with Gasteiger partial charge in [0, 0.05) is 18.4 Å². The van der Waals surface area contributed by atoms with E-state index in [9.17, 15) is 9.59 Å². The number of amides is 3. The summed E-state index contributed by atoms with van der Waals surface area (Å²) >= 11 is 0. The van der Waals surface area contributed by atoms with Gasteiger partial charge in [0.05, 0.1) is 0 Å². The van der Waals surface area contributed by atoms with Gasteiger partial charge in [-0.05, 0) is 29.7 Å². The SMILES string of the molecule is CC(C)C(NC(=O)Nc1ccccc1)C(=O)NCc1ccc(-n2cncn2)nc1. The minimum absolute atomic E-state index is 0.0793. The topological polar surface area (TPSA) is 114 Å². The first-order valence-corrected chi connectivity index (χ1v) is 9.23. The molecule has 0 aliphatic heterocycles. The molecule has 0 saturated carbocycles. The number of carbonyl (C=O) groups is 2. The summed E-state index contributed by atoms with van der Waals surface area (Å²) in [7, 11) is 0. The van der Waals surface area contributed by atoms with Crippen LogP contribution in [0.2, 0.25) is 0 Å². The Balaban J connectivity index is 1.54. The fraction of sp³-hybridized carbons (Fsp3) is 0.250. The van der Waals surface area contributed by atoms with Gasteiger partial charge in [-0.3, -0.25) is 4.79 Å². The smallest absolute Gasteiger partial charge is 0.319 e. The van der Waals surface area contributed by atoms with Crippen LogP contribution in [-0.4, -0.2) is 37.7 Å². The van der Waals surface area contributed by atoms with Crippen LogP contribution < -0.4 is 16.0 Å². The van der Waals surface area contributed by atoms with E-state index in [1.165, 1.54) is 6.33 Å². The van der Waals surface area contributed by atoms with Crippen molar-refractivity contribution in [2.75, 3.05) is 5.32 Å². The van der Waals surface area contributed by atoms with Gasteiger partial charge in [0.15, 0.2) is 5.82 Å². The Morgan fingerprint density at radius 3 is 2.52 bits per heavy atom. The van der Waals surface area contributed by atoms with E-state index in [-0.39, 0.29) is 11.8 Å². The Morgan fingerprint density at radius 1 is 1.10 bits per heavy atom. The number of anilines is 1. The van der Waals surface area contributed by atoms with E-state index in [1.807, 2.05) is 38.1 Å². The quantitative estimate of drug-likeness (QED) is 0.569. The maximum absolute atomic E-state index is 12.6. The molecular formula is C20H23N7O2. The molecule has 29 heavy (non-hydrogen) atoms. The molecule has 0 radical (unpaired) electrons. The van der Waals surface area contributed by atoms with Crippen LogP contribution in [0.4, 0.5) is 10.5 Å². The largest absolute Gasteiger partial charge is 0.350 e. The number of rotatable bonds is 7. The number of hydrogen-bond acceptors (Lipinski definition) is 5. The molecule has 9 heteroatoms. The standard InChI is InChI=1S/C20H23N7O2/c1-14(2)18(26-20(29)25-16-6-4-3-5-7-16)19(28)23-11-15-8-9-17(22-10-15)27-13-21-12-24-27/h3-10,12-14,18H,11H2,1-2H3,(H,23,28)(H2,25,26,29). The normalized spacial score (nSPS) is 11.7. The highest BCUT2D eigenvalue weighted by Gasteiger charge is 2.24. The molecule has 3 rings (SSSR count). The Hall–Kier alpha value is -3.75. The van der Waals surface area contributed by atoms with E-state index in [4.69, 9.17) is 0 Å². The molecule has 0 aliphatic rings. The van der Waals surface area contributed by atoms with Crippen molar-refractivity contribution in [3.63, 3.8) is 0 Å². The van der Waals surface area contributed by atoms with Crippen molar-refractivity contribution in [1.82, 2.24) is 30.4 Å². The molecule has 150 valence electrons.